The van der Waals surface area contributed by atoms with Gasteiger partial charge in [-0.25, -0.2) is 0 Å². The molecule has 0 aromatic heterocycles. The number of halogens is 4. The Morgan fingerprint density at radius 2 is 1.76 bits per heavy atom. The summed E-state index contributed by atoms with van der Waals surface area (Å²) in [4.78, 5) is 27.8. The molecule has 2 atom stereocenters. The van der Waals surface area contributed by atoms with Gasteiger partial charge < -0.3 is 14.9 Å². The van der Waals surface area contributed by atoms with Gasteiger partial charge in [0.25, 0.3) is 17.4 Å². The van der Waals surface area contributed by atoms with Crippen molar-refractivity contribution in [3.05, 3.63) is 70.2 Å². The van der Waals surface area contributed by atoms with E-state index in [2.05, 4.69) is 0 Å². The third kappa shape index (κ3) is 5.36. The monoisotopic (exact) mass is 536 g/mol. The van der Waals surface area contributed by atoms with Crippen molar-refractivity contribution in [2.45, 2.75) is 50.3 Å². The van der Waals surface area contributed by atoms with Gasteiger partial charge in [-0.05, 0) is 67.6 Å². The van der Waals surface area contributed by atoms with Crippen LogP contribution in [0.3, 0.4) is 0 Å². The molecule has 37 heavy (non-hydrogen) atoms. The first-order valence-electron chi connectivity index (χ1n) is 12.5. The maximum atomic E-state index is 13.9. The molecule has 2 aliphatic rings. The van der Waals surface area contributed by atoms with Gasteiger partial charge in [-0.2, -0.15) is 13.2 Å². The summed E-state index contributed by atoms with van der Waals surface area (Å²) in [7, 11) is 3.36. The van der Waals surface area contributed by atoms with Crippen LogP contribution < -0.4 is 0 Å². The number of carbonyl (C=O) groups excluding carboxylic acids is 2. The molecule has 1 N–H and O–H groups in total. The predicted octanol–water partition coefficient (Wildman–Crippen LogP) is 5.44. The lowest BCUT2D eigenvalue weighted by molar-refractivity contribution is -0.262. The molecule has 4 rings (SSSR count). The third-order valence-electron chi connectivity index (χ3n) is 8.00. The summed E-state index contributed by atoms with van der Waals surface area (Å²) in [6, 6.07) is 12.1. The molecular weight excluding hydrogens is 505 g/mol. The SMILES string of the molecule is CN(C)C(=O)c1ccc(CCC[C@H]2CC23CCN(C(=O)[C@](O)(c2ccccc2)C(F)(F)F)CC3)cc1Cl. The number of hydrogen-bond acceptors (Lipinski definition) is 3. The Morgan fingerprint density at radius 1 is 1.11 bits per heavy atom. The summed E-state index contributed by atoms with van der Waals surface area (Å²) in [6.45, 7) is 0.412. The van der Waals surface area contributed by atoms with Crippen LogP contribution in [0.1, 0.15) is 53.6 Å². The third-order valence-corrected chi connectivity index (χ3v) is 8.32. The molecule has 0 unspecified atom stereocenters. The first-order valence-corrected chi connectivity index (χ1v) is 12.9. The summed E-state index contributed by atoms with van der Waals surface area (Å²) in [5, 5.41) is 11.0. The Balaban J connectivity index is 1.30. The van der Waals surface area contributed by atoms with Crippen LogP contribution in [0.4, 0.5) is 13.2 Å². The molecule has 9 heteroatoms. The first-order chi connectivity index (χ1) is 17.4. The van der Waals surface area contributed by atoms with Gasteiger partial charge in [0.15, 0.2) is 0 Å². The van der Waals surface area contributed by atoms with Crippen LogP contribution >= 0.6 is 11.6 Å². The summed E-state index contributed by atoms with van der Waals surface area (Å²) >= 11 is 6.31. The van der Waals surface area contributed by atoms with Gasteiger partial charge in [-0.3, -0.25) is 9.59 Å². The molecule has 2 fully saturated rings. The van der Waals surface area contributed by atoms with Crippen LogP contribution in [0.25, 0.3) is 0 Å². The molecule has 0 radical (unpaired) electrons. The number of alkyl halides is 3. The van der Waals surface area contributed by atoms with E-state index in [1.807, 2.05) is 12.1 Å². The molecule has 1 aliphatic carbocycles. The van der Waals surface area contributed by atoms with Crippen LogP contribution in [0.15, 0.2) is 48.5 Å². The lowest BCUT2D eigenvalue weighted by Crippen LogP contribution is -2.57. The van der Waals surface area contributed by atoms with E-state index >= 15 is 0 Å². The number of rotatable bonds is 7. The zero-order valence-corrected chi connectivity index (χ0v) is 21.8. The minimum Gasteiger partial charge on any atom is -0.369 e. The first kappa shape index (κ1) is 27.5. The number of likely N-dealkylation sites (tertiary alicyclic amines) is 1. The fourth-order valence-electron chi connectivity index (χ4n) is 5.61. The Bertz CT molecular complexity index is 1150. The Labute approximate surface area is 220 Å². The normalized spacial score (nSPS) is 20.4. The van der Waals surface area contributed by atoms with Gasteiger partial charge in [0, 0.05) is 32.7 Å². The van der Waals surface area contributed by atoms with Gasteiger partial charge in [-0.1, -0.05) is 48.0 Å². The van der Waals surface area contributed by atoms with E-state index in [4.69, 9.17) is 11.6 Å². The average molecular weight is 537 g/mol. The minimum atomic E-state index is -5.12. The van der Waals surface area contributed by atoms with Crippen LogP contribution in [0.2, 0.25) is 5.02 Å². The average Bonchev–Trinajstić information content (AvgIpc) is 3.53. The van der Waals surface area contributed by atoms with E-state index in [1.54, 1.807) is 26.2 Å². The van der Waals surface area contributed by atoms with Crippen molar-refractivity contribution in [1.29, 1.82) is 0 Å². The minimum absolute atomic E-state index is 0.0690. The summed E-state index contributed by atoms with van der Waals surface area (Å²) in [5.41, 5.74) is -2.41. The number of nitrogens with zero attached hydrogens (tertiary/aromatic N) is 2. The number of aryl methyl sites for hydroxylation is 1. The summed E-state index contributed by atoms with van der Waals surface area (Å²) in [6.07, 6.45) is -0.0892. The molecular formula is C28H32ClF3N2O3. The molecule has 1 saturated carbocycles. The molecule has 2 aromatic carbocycles. The Morgan fingerprint density at radius 3 is 2.32 bits per heavy atom. The lowest BCUT2D eigenvalue weighted by atomic mass is 9.86. The van der Waals surface area contributed by atoms with E-state index in [-0.39, 0.29) is 24.4 Å². The number of carbonyl (C=O) groups is 2. The van der Waals surface area contributed by atoms with Gasteiger partial charge in [-0.15, -0.1) is 0 Å². The van der Waals surface area contributed by atoms with Gasteiger partial charge in [0.1, 0.15) is 0 Å². The zero-order chi connectivity index (χ0) is 27.0. The highest BCUT2D eigenvalue weighted by Crippen LogP contribution is 2.61. The second kappa shape index (κ2) is 10.3. The Kier molecular flexibility index (Phi) is 7.64. The standard InChI is InChI=1S/C28H32ClF3N2O3/c1-33(2)24(35)22-12-11-19(17-23(22)29)7-6-10-21-18-26(21)13-15-34(16-14-26)25(36)27(37,28(30,31)32)20-8-4-3-5-9-20/h3-5,8-9,11-12,17,21,37H,6-7,10,13-16,18H2,1-2H3/t21-,27+/m0/s1. The molecule has 200 valence electrons. The highest BCUT2D eigenvalue weighted by Gasteiger charge is 2.63. The number of aliphatic hydroxyl groups is 1. The highest BCUT2D eigenvalue weighted by molar-refractivity contribution is 6.33. The molecule has 5 nitrogen and oxygen atoms in total. The highest BCUT2D eigenvalue weighted by atomic mass is 35.5. The molecule has 1 aliphatic heterocycles. The fourth-order valence-corrected chi connectivity index (χ4v) is 5.89. The molecule has 2 amide bonds. The smallest absolute Gasteiger partial charge is 0.369 e. The molecule has 1 spiro atoms. The fraction of sp³-hybridized carbons (Fsp3) is 0.500. The number of hydrogen-bond donors (Lipinski definition) is 1. The molecule has 1 heterocycles. The zero-order valence-electron chi connectivity index (χ0n) is 21.0. The second-order valence-electron chi connectivity index (χ2n) is 10.5. The van der Waals surface area contributed by atoms with Crippen molar-refractivity contribution in [3.63, 3.8) is 0 Å². The largest absolute Gasteiger partial charge is 0.430 e. The van der Waals surface area contributed by atoms with Gasteiger partial charge in [0.05, 0.1) is 10.6 Å². The summed E-state index contributed by atoms with van der Waals surface area (Å²) in [5.74, 6) is -0.962. The maximum absolute atomic E-state index is 13.9. The van der Waals surface area contributed by atoms with Crippen molar-refractivity contribution >= 4 is 23.4 Å². The molecule has 2 aromatic rings. The van der Waals surface area contributed by atoms with Crippen molar-refractivity contribution in [2.24, 2.45) is 11.3 Å². The lowest BCUT2D eigenvalue weighted by Gasteiger charge is -2.39. The van der Waals surface area contributed by atoms with E-state index in [0.717, 1.165) is 43.4 Å². The predicted molar refractivity (Wildman–Crippen MR) is 135 cm³/mol. The van der Waals surface area contributed by atoms with Gasteiger partial charge >= 0.3 is 6.18 Å². The number of benzene rings is 2. The number of amides is 2. The van der Waals surface area contributed by atoms with Crippen LogP contribution in [0.5, 0.6) is 0 Å². The van der Waals surface area contributed by atoms with Crippen LogP contribution in [-0.2, 0) is 16.8 Å². The van der Waals surface area contributed by atoms with Crippen molar-refractivity contribution < 1.29 is 27.9 Å². The van der Waals surface area contributed by atoms with Crippen molar-refractivity contribution in [1.82, 2.24) is 9.80 Å². The molecule has 0 bridgehead atoms. The van der Waals surface area contributed by atoms with E-state index in [1.165, 1.54) is 21.9 Å². The second-order valence-corrected chi connectivity index (χ2v) is 10.9. The Hall–Kier alpha value is -2.58. The van der Waals surface area contributed by atoms with E-state index in [0.29, 0.717) is 29.3 Å². The molecule has 1 saturated heterocycles. The summed E-state index contributed by atoms with van der Waals surface area (Å²) < 4.78 is 41.7. The topological polar surface area (TPSA) is 60.9 Å². The van der Waals surface area contributed by atoms with E-state index < -0.39 is 23.2 Å². The van der Waals surface area contributed by atoms with Crippen molar-refractivity contribution in [3.8, 4) is 0 Å². The number of piperidine rings is 1. The van der Waals surface area contributed by atoms with E-state index in [9.17, 15) is 27.9 Å². The maximum Gasteiger partial charge on any atom is 0.430 e. The van der Waals surface area contributed by atoms with Gasteiger partial charge in [0.2, 0.25) is 0 Å². The van der Waals surface area contributed by atoms with Crippen LogP contribution in [0, 0.1) is 11.3 Å². The quantitative estimate of drug-likeness (QED) is 0.512. The van der Waals surface area contributed by atoms with Crippen molar-refractivity contribution in [2.75, 3.05) is 27.2 Å². The van der Waals surface area contributed by atoms with Crippen LogP contribution in [-0.4, -0.2) is 60.1 Å².